The zero-order valence-corrected chi connectivity index (χ0v) is 15.8. The Morgan fingerprint density at radius 1 is 1.15 bits per heavy atom. The monoisotopic (exact) mass is 358 g/mol. The predicted octanol–water partition coefficient (Wildman–Crippen LogP) is 2.01. The maximum atomic E-state index is 12.2. The molecule has 0 aromatic heterocycles. The lowest BCUT2D eigenvalue weighted by Crippen LogP contribution is -2.44. The molecule has 142 valence electrons. The normalized spacial score (nSPS) is 22.7. The fraction of sp³-hybridized carbons (Fsp3) is 0.600. The number of methoxy groups -OCH3 is 1. The van der Waals surface area contributed by atoms with Crippen LogP contribution in [0.25, 0.3) is 0 Å². The van der Waals surface area contributed by atoms with Gasteiger partial charge >= 0.3 is 0 Å². The molecule has 1 amide bonds. The van der Waals surface area contributed by atoms with Crippen molar-refractivity contribution in [3.05, 3.63) is 29.8 Å². The minimum atomic E-state index is -0.0291. The summed E-state index contributed by atoms with van der Waals surface area (Å²) in [5.74, 6) is 3.23. The molecule has 0 radical (unpaired) electrons. The highest BCUT2D eigenvalue weighted by atomic mass is 16.5. The predicted molar refractivity (Wildman–Crippen MR) is 103 cm³/mol. The number of carbonyl (C=O) groups excluding carboxylic acids is 1. The van der Waals surface area contributed by atoms with E-state index >= 15 is 0 Å². The molecular formula is C20H30N4O2. The largest absolute Gasteiger partial charge is 0.497 e. The van der Waals surface area contributed by atoms with Crippen LogP contribution >= 0.6 is 0 Å². The van der Waals surface area contributed by atoms with Gasteiger partial charge < -0.3 is 20.3 Å². The second-order valence-electron chi connectivity index (χ2n) is 7.24. The molecule has 0 bridgehead atoms. The molecule has 1 saturated carbocycles. The van der Waals surface area contributed by atoms with Crippen molar-refractivity contribution in [2.45, 2.75) is 32.2 Å². The van der Waals surface area contributed by atoms with E-state index in [-0.39, 0.29) is 12.5 Å². The third-order valence-corrected chi connectivity index (χ3v) is 5.54. The number of likely N-dealkylation sites (tertiary alicyclic amines) is 1. The van der Waals surface area contributed by atoms with Crippen LogP contribution in [0.4, 0.5) is 0 Å². The number of guanidine groups is 1. The Hall–Kier alpha value is -2.24. The van der Waals surface area contributed by atoms with Crippen molar-refractivity contribution in [3.8, 4) is 5.75 Å². The SMILES string of the molecule is CN=C(NCC(=O)NCc1ccc(OC)cc1)N1CC2CCCCC2C1. The minimum absolute atomic E-state index is 0.0291. The lowest BCUT2D eigenvalue weighted by Gasteiger charge is -2.22. The van der Waals surface area contributed by atoms with Gasteiger partial charge in [-0.1, -0.05) is 25.0 Å². The third kappa shape index (κ3) is 4.68. The Morgan fingerprint density at radius 2 is 1.81 bits per heavy atom. The number of hydrogen-bond acceptors (Lipinski definition) is 3. The highest BCUT2D eigenvalue weighted by Gasteiger charge is 2.35. The molecule has 1 heterocycles. The van der Waals surface area contributed by atoms with Crippen molar-refractivity contribution in [1.82, 2.24) is 15.5 Å². The van der Waals surface area contributed by atoms with E-state index in [4.69, 9.17) is 4.74 Å². The molecule has 1 aromatic carbocycles. The average molecular weight is 358 g/mol. The van der Waals surface area contributed by atoms with Gasteiger partial charge in [0, 0.05) is 26.7 Å². The molecule has 2 fully saturated rings. The second kappa shape index (κ2) is 8.92. The number of nitrogens with zero attached hydrogens (tertiary/aromatic N) is 2. The molecule has 1 aliphatic carbocycles. The summed E-state index contributed by atoms with van der Waals surface area (Å²) in [5, 5.41) is 6.16. The third-order valence-electron chi connectivity index (χ3n) is 5.54. The first-order valence-corrected chi connectivity index (χ1v) is 9.55. The molecule has 0 spiro atoms. The smallest absolute Gasteiger partial charge is 0.239 e. The van der Waals surface area contributed by atoms with Gasteiger partial charge in [0.15, 0.2) is 5.96 Å². The molecule has 1 aliphatic heterocycles. The van der Waals surface area contributed by atoms with E-state index in [9.17, 15) is 4.79 Å². The van der Waals surface area contributed by atoms with Crippen LogP contribution in [-0.4, -0.2) is 50.6 Å². The number of amides is 1. The van der Waals surface area contributed by atoms with Gasteiger partial charge in [-0.2, -0.15) is 0 Å². The van der Waals surface area contributed by atoms with Crippen LogP contribution in [0.15, 0.2) is 29.3 Å². The van der Waals surface area contributed by atoms with Crippen LogP contribution in [0.5, 0.6) is 5.75 Å². The van der Waals surface area contributed by atoms with Gasteiger partial charge in [-0.25, -0.2) is 0 Å². The number of aliphatic imine (C=N–C) groups is 1. The fourth-order valence-corrected chi connectivity index (χ4v) is 4.08. The maximum Gasteiger partial charge on any atom is 0.239 e. The molecule has 6 heteroatoms. The number of fused-ring (bicyclic) bond motifs is 1. The van der Waals surface area contributed by atoms with Crippen LogP contribution in [0.1, 0.15) is 31.2 Å². The molecule has 1 saturated heterocycles. The number of ether oxygens (including phenoxy) is 1. The molecule has 2 aliphatic rings. The Morgan fingerprint density at radius 3 is 2.38 bits per heavy atom. The van der Waals surface area contributed by atoms with E-state index in [2.05, 4.69) is 20.5 Å². The summed E-state index contributed by atoms with van der Waals surface area (Å²) in [6, 6.07) is 7.71. The first-order chi connectivity index (χ1) is 12.7. The Kier molecular flexibility index (Phi) is 6.36. The lowest BCUT2D eigenvalue weighted by molar-refractivity contribution is -0.120. The number of carbonyl (C=O) groups is 1. The van der Waals surface area contributed by atoms with Gasteiger partial charge in [0.05, 0.1) is 13.7 Å². The molecule has 26 heavy (non-hydrogen) atoms. The Balaban J connectivity index is 1.42. The zero-order valence-electron chi connectivity index (χ0n) is 15.8. The average Bonchev–Trinajstić information content (AvgIpc) is 3.11. The summed E-state index contributed by atoms with van der Waals surface area (Å²) >= 11 is 0. The van der Waals surface area contributed by atoms with Crippen LogP contribution in [0, 0.1) is 11.8 Å². The summed E-state index contributed by atoms with van der Waals surface area (Å²) in [6.45, 7) is 2.89. The summed E-state index contributed by atoms with van der Waals surface area (Å²) in [5.41, 5.74) is 1.05. The van der Waals surface area contributed by atoms with Gasteiger partial charge in [0.1, 0.15) is 5.75 Å². The van der Waals surface area contributed by atoms with Gasteiger partial charge in [-0.05, 0) is 42.4 Å². The van der Waals surface area contributed by atoms with E-state index in [0.717, 1.165) is 42.2 Å². The van der Waals surface area contributed by atoms with Gasteiger partial charge in [0.2, 0.25) is 5.91 Å². The summed E-state index contributed by atoms with van der Waals surface area (Å²) < 4.78 is 5.14. The number of rotatable bonds is 5. The summed E-state index contributed by atoms with van der Waals surface area (Å²) in [7, 11) is 3.43. The van der Waals surface area contributed by atoms with E-state index in [1.165, 1.54) is 25.7 Å². The highest BCUT2D eigenvalue weighted by Crippen LogP contribution is 2.35. The first kappa shape index (κ1) is 18.5. The van der Waals surface area contributed by atoms with Gasteiger partial charge in [0.25, 0.3) is 0 Å². The lowest BCUT2D eigenvalue weighted by atomic mass is 9.82. The number of benzene rings is 1. The molecular weight excluding hydrogens is 328 g/mol. The number of nitrogens with one attached hydrogen (secondary N) is 2. The summed E-state index contributed by atoms with van der Waals surface area (Å²) in [6.07, 6.45) is 5.38. The minimum Gasteiger partial charge on any atom is -0.497 e. The first-order valence-electron chi connectivity index (χ1n) is 9.55. The van der Waals surface area contributed by atoms with Crippen LogP contribution in [-0.2, 0) is 11.3 Å². The van der Waals surface area contributed by atoms with Crippen molar-refractivity contribution < 1.29 is 9.53 Å². The van der Waals surface area contributed by atoms with E-state index in [1.54, 1.807) is 14.2 Å². The van der Waals surface area contributed by atoms with E-state index in [1.807, 2.05) is 24.3 Å². The van der Waals surface area contributed by atoms with Crippen molar-refractivity contribution in [3.63, 3.8) is 0 Å². The van der Waals surface area contributed by atoms with Gasteiger partial charge in [-0.3, -0.25) is 9.79 Å². The Bertz CT molecular complexity index is 615. The fourth-order valence-electron chi connectivity index (χ4n) is 4.08. The van der Waals surface area contributed by atoms with Crippen LogP contribution in [0.3, 0.4) is 0 Å². The standard InChI is InChI=1S/C20H30N4O2/c1-21-20(24-13-16-5-3-4-6-17(16)14-24)23-12-19(25)22-11-15-7-9-18(26-2)10-8-15/h7-10,16-17H,3-6,11-14H2,1-2H3,(H,21,23)(H,22,25). The zero-order chi connectivity index (χ0) is 18.4. The highest BCUT2D eigenvalue weighted by molar-refractivity contribution is 5.86. The van der Waals surface area contributed by atoms with Crippen molar-refractivity contribution >= 4 is 11.9 Å². The van der Waals surface area contributed by atoms with Crippen LogP contribution < -0.4 is 15.4 Å². The van der Waals surface area contributed by atoms with E-state index in [0.29, 0.717) is 6.54 Å². The topological polar surface area (TPSA) is 66.0 Å². The van der Waals surface area contributed by atoms with Crippen molar-refractivity contribution in [2.75, 3.05) is 33.8 Å². The maximum absolute atomic E-state index is 12.2. The molecule has 6 nitrogen and oxygen atoms in total. The van der Waals surface area contributed by atoms with Crippen molar-refractivity contribution in [1.29, 1.82) is 0 Å². The molecule has 2 unspecified atom stereocenters. The quantitative estimate of drug-likeness (QED) is 0.624. The molecule has 3 rings (SSSR count). The summed E-state index contributed by atoms with van der Waals surface area (Å²) in [4.78, 5) is 18.8. The molecule has 2 atom stereocenters. The Labute approximate surface area is 156 Å². The van der Waals surface area contributed by atoms with Crippen molar-refractivity contribution in [2.24, 2.45) is 16.8 Å². The number of hydrogen-bond donors (Lipinski definition) is 2. The molecule has 2 N–H and O–H groups in total. The van der Waals surface area contributed by atoms with E-state index < -0.39 is 0 Å². The van der Waals surface area contributed by atoms with Gasteiger partial charge in [-0.15, -0.1) is 0 Å². The molecule has 1 aromatic rings. The van der Waals surface area contributed by atoms with Crippen LogP contribution in [0.2, 0.25) is 0 Å². The second-order valence-corrected chi connectivity index (χ2v) is 7.24.